The summed E-state index contributed by atoms with van der Waals surface area (Å²) in [5.74, 6) is 0.749. The molecule has 0 radical (unpaired) electrons. The van der Waals surface area contributed by atoms with Crippen molar-refractivity contribution in [2.45, 2.75) is 32.6 Å². The molecule has 0 aromatic heterocycles. The number of benzene rings is 2. The number of carbonyl (C=O) groups is 1. The molecule has 1 amide bonds. The number of amides is 1. The van der Waals surface area contributed by atoms with Crippen molar-refractivity contribution in [1.82, 2.24) is 0 Å². The van der Waals surface area contributed by atoms with Gasteiger partial charge in [0.05, 0.1) is 12.3 Å². The van der Waals surface area contributed by atoms with Crippen LogP contribution < -0.4 is 10.1 Å². The van der Waals surface area contributed by atoms with E-state index in [4.69, 9.17) is 4.74 Å². The van der Waals surface area contributed by atoms with E-state index in [2.05, 4.69) is 12.2 Å². The van der Waals surface area contributed by atoms with Gasteiger partial charge in [-0.05, 0) is 30.5 Å². The molecule has 0 unspecified atom stereocenters. The molecule has 2 aromatic carbocycles. The fourth-order valence-electron chi connectivity index (χ4n) is 2.14. The van der Waals surface area contributed by atoms with Gasteiger partial charge in [-0.3, -0.25) is 4.79 Å². The zero-order valence-electron chi connectivity index (χ0n) is 13.0. The molecule has 0 aliphatic heterocycles. The number of carbonyl (C=O) groups excluding carboxylic acids is 1. The summed E-state index contributed by atoms with van der Waals surface area (Å²) in [6.07, 6.45) is 3.31. The molecule has 0 saturated carbocycles. The molecular weight excluding hydrogens is 274 g/mol. The van der Waals surface area contributed by atoms with Gasteiger partial charge in [0.25, 0.3) is 0 Å². The number of unbranched alkanes of at least 4 members (excludes halogenated alkanes) is 1. The van der Waals surface area contributed by atoms with E-state index in [1.807, 2.05) is 54.6 Å². The third-order valence-corrected chi connectivity index (χ3v) is 3.40. The van der Waals surface area contributed by atoms with E-state index in [0.29, 0.717) is 13.0 Å². The van der Waals surface area contributed by atoms with Crippen molar-refractivity contribution in [3.8, 4) is 5.75 Å². The number of hydrogen-bond donors (Lipinski definition) is 1. The maximum Gasteiger partial charge on any atom is 0.224 e. The van der Waals surface area contributed by atoms with Gasteiger partial charge in [-0.2, -0.15) is 0 Å². The van der Waals surface area contributed by atoms with Crippen LogP contribution in [0.5, 0.6) is 5.75 Å². The second-order valence-corrected chi connectivity index (χ2v) is 5.23. The SMILES string of the molecule is CCCCOc1ccccc1NC(=O)CCc1ccccc1. The minimum atomic E-state index is 0.00962. The second-order valence-electron chi connectivity index (χ2n) is 5.23. The molecule has 2 aromatic rings. The van der Waals surface area contributed by atoms with Gasteiger partial charge in [0.2, 0.25) is 5.91 Å². The largest absolute Gasteiger partial charge is 0.491 e. The Hall–Kier alpha value is -2.29. The van der Waals surface area contributed by atoms with Crippen molar-refractivity contribution in [3.63, 3.8) is 0 Å². The summed E-state index contributed by atoms with van der Waals surface area (Å²) in [5.41, 5.74) is 1.92. The predicted octanol–water partition coefficient (Wildman–Crippen LogP) is 4.44. The summed E-state index contributed by atoms with van der Waals surface area (Å²) in [7, 11) is 0. The molecular formula is C19H23NO2. The summed E-state index contributed by atoms with van der Waals surface area (Å²) < 4.78 is 5.73. The highest BCUT2D eigenvalue weighted by molar-refractivity contribution is 5.92. The van der Waals surface area contributed by atoms with Crippen LogP contribution in [0.2, 0.25) is 0 Å². The molecule has 2 rings (SSSR count). The van der Waals surface area contributed by atoms with Crippen LogP contribution >= 0.6 is 0 Å². The first-order chi connectivity index (χ1) is 10.8. The fourth-order valence-corrected chi connectivity index (χ4v) is 2.14. The van der Waals surface area contributed by atoms with Crippen LogP contribution in [0.4, 0.5) is 5.69 Å². The quantitative estimate of drug-likeness (QED) is 0.732. The minimum Gasteiger partial charge on any atom is -0.491 e. The zero-order chi connectivity index (χ0) is 15.6. The predicted molar refractivity (Wildman–Crippen MR) is 90.2 cm³/mol. The van der Waals surface area contributed by atoms with Gasteiger partial charge in [-0.25, -0.2) is 0 Å². The molecule has 0 aliphatic rings. The van der Waals surface area contributed by atoms with Gasteiger partial charge in [0.15, 0.2) is 0 Å². The van der Waals surface area contributed by atoms with Gasteiger partial charge in [0, 0.05) is 6.42 Å². The summed E-state index contributed by atoms with van der Waals surface area (Å²) >= 11 is 0. The summed E-state index contributed by atoms with van der Waals surface area (Å²) in [6.45, 7) is 2.80. The van der Waals surface area contributed by atoms with Gasteiger partial charge >= 0.3 is 0 Å². The Labute approximate surface area is 132 Å². The molecule has 0 atom stereocenters. The number of anilines is 1. The maximum absolute atomic E-state index is 12.1. The van der Waals surface area contributed by atoms with Crippen molar-refractivity contribution in [2.24, 2.45) is 0 Å². The third kappa shape index (κ3) is 5.24. The maximum atomic E-state index is 12.1. The highest BCUT2D eigenvalue weighted by atomic mass is 16.5. The van der Waals surface area contributed by atoms with Crippen LogP contribution in [0.3, 0.4) is 0 Å². The van der Waals surface area contributed by atoms with Crippen LogP contribution in [0.1, 0.15) is 31.7 Å². The van der Waals surface area contributed by atoms with Gasteiger partial charge < -0.3 is 10.1 Å². The Morgan fingerprint density at radius 3 is 2.55 bits per heavy atom. The summed E-state index contributed by atoms with van der Waals surface area (Å²) in [6, 6.07) is 17.6. The molecule has 22 heavy (non-hydrogen) atoms. The Morgan fingerprint density at radius 1 is 1.05 bits per heavy atom. The Morgan fingerprint density at radius 2 is 1.77 bits per heavy atom. The smallest absolute Gasteiger partial charge is 0.224 e. The first-order valence-corrected chi connectivity index (χ1v) is 7.85. The first kappa shape index (κ1) is 16.1. The lowest BCUT2D eigenvalue weighted by Crippen LogP contribution is -2.13. The van der Waals surface area contributed by atoms with E-state index in [0.717, 1.165) is 30.7 Å². The summed E-state index contributed by atoms with van der Waals surface area (Å²) in [5, 5.41) is 2.94. The molecule has 3 heteroatoms. The molecule has 3 nitrogen and oxygen atoms in total. The normalized spacial score (nSPS) is 10.2. The van der Waals surface area contributed by atoms with Gasteiger partial charge in [-0.1, -0.05) is 55.8 Å². The average Bonchev–Trinajstić information content (AvgIpc) is 2.56. The fraction of sp³-hybridized carbons (Fsp3) is 0.316. The topological polar surface area (TPSA) is 38.3 Å². The Balaban J connectivity index is 1.88. The third-order valence-electron chi connectivity index (χ3n) is 3.40. The first-order valence-electron chi connectivity index (χ1n) is 7.85. The van der Waals surface area contributed by atoms with Crippen LogP contribution in [0, 0.1) is 0 Å². The van der Waals surface area contributed by atoms with Crippen molar-refractivity contribution in [1.29, 1.82) is 0 Å². The highest BCUT2D eigenvalue weighted by Gasteiger charge is 2.07. The number of rotatable bonds is 8. The van der Waals surface area contributed by atoms with E-state index in [1.165, 1.54) is 5.56 Å². The lowest BCUT2D eigenvalue weighted by Gasteiger charge is -2.12. The highest BCUT2D eigenvalue weighted by Crippen LogP contribution is 2.24. The monoisotopic (exact) mass is 297 g/mol. The lowest BCUT2D eigenvalue weighted by atomic mass is 10.1. The van der Waals surface area contributed by atoms with Crippen molar-refractivity contribution in [2.75, 3.05) is 11.9 Å². The molecule has 0 bridgehead atoms. The molecule has 0 aliphatic carbocycles. The average molecular weight is 297 g/mol. The molecule has 0 heterocycles. The van der Waals surface area contributed by atoms with E-state index >= 15 is 0 Å². The number of aryl methyl sites for hydroxylation is 1. The number of para-hydroxylation sites is 2. The number of ether oxygens (including phenoxy) is 1. The Bertz CT molecular complexity index is 581. The van der Waals surface area contributed by atoms with Crippen LogP contribution in [0.25, 0.3) is 0 Å². The van der Waals surface area contributed by atoms with E-state index < -0.39 is 0 Å². The van der Waals surface area contributed by atoms with Gasteiger partial charge in [0.1, 0.15) is 5.75 Å². The van der Waals surface area contributed by atoms with Crippen molar-refractivity contribution >= 4 is 11.6 Å². The Kier molecular flexibility index (Phi) is 6.49. The molecule has 116 valence electrons. The number of hydrogen-bond acceptors (Lipinski definition) is 2. The standard InChI is InChI=1S/C19H23NO2/c1-2-3-15-22-18-12-8-7-11-17(18)20-19(21)14-13-16-9-5-4-6-10-16/h4-12H,2-3,13-15H2,1H3,(H,20,21). The lowest BCUT2D eigenvalue weighted by molar-refractivity contribution is -0.116. The number of nitrogens with one attached hydrogen (secondary N) is 1. The summed E-state index contributed by atoms with van der Waals surface area (Å²) in [4.78, 5) is 12.1. The molecule has 0 fully saturated rings. The molecule has 1 N–H and O–H groups in total. The van der Waals surface area contributed by atoms with Crippen LogP contribution in [-0.2, 0) is 11.2 Å². The van der Waals surface area contributed by atoms with Crippen molar-refractivity contribution in [3.05, 3.63) is 60.2 Å². The van der Waals surface area contributed by atoms with Gasteiger partial charge in [-0.15, -0.1) is 0 Å². The van der Waals surface area contributed by atoms with Crippen LogP contribution in [-0.4, -0.2) is 12.5 Å². The zero-order valence-corrected chi connectivity index (χ0v) is 13.0. The van der Waals surface area contributed by atoms with Crippen LogP contribution in [0.15, 0.2) is 54.6 Å². The molecule has 0 spiro atoms. The van der Waals surface area contributed by atoms with E-state index in [-0.39, 0.29) is 5.91 Å². The minimum absolute atomic E-state index is 0.00962. The molecule has 0 saturated heterocycles. The van der Waals surface area contributed by atoms with Crippen molar-refractivity contribution < 1.29 is 9.53 Å². The second kappa shape index (κ2) is 8.88. The van der Waals surface area contributed by atoms with E-state index in [1.54, 1.807) is 0 Å². The van der Waals surface area contributed by atoms with E-state index in [9.17, 15) is 4.79 Å².